The number of carboxylic acids is 1. The van der Waals surface area contributed by atoms with Gasteiger partial charge in [0.05, 0.1) is 19.2 Å². The molecule has 1 aromatic heterocycles. The summed E-state index contributed by atoms with van der Waals surface area (Å²) < 4.78 is 26.9. The third-order valence-electron chi connectivity index (χ3n) is 8.26. The molecule has 2 atom stereocenters. The number of ether oxygens (including phenoxy) is 2. The van der Waals surface area contributed by atoms with E-state index < -0.39 is 11.9 Å². The first-order chi connectivity index (χ1) is 18.9. The Bertz CT molecular complexity index is 1370. The Labute approximate surface area is 228 Å². The van der Waals surface area contributed by atoms with Gasteiger partial charge in [-0.15, -0.1) is 0 Å². The number of carboxylic acid groups (broad SMARTS) is 1. The van der Waals surface area contributed by atoms with Gasteiger partial charge < -0.3 is 14.6 Å². The summed E-state index contributed by atoms with van der Waals surface area (Å²) in [6.07, 6.45) is 8.24. The van der Waals surface area contributed by atoms with Crippen molar-refractivity contribution in [1.82, 2.24) is 9.88 Å². The lowest BCUT2D eigenvalue weighted by Gasteiger charge is -2.29. The molecule has 2 unspecified atom stereocenters. The van der Waals surface area contributed by atoms with Crippen molar-refractivity contribution in [1.29, 1.82) is 0 Å². The van der Waals surface area contributed by atoms with Gasteiger partial charge in [-0.05, 0) is 78.8 Å². The van der Waals surface area contributed by atoms with Crippen molar-refractivity contribution in [2.24, 2.45) is 5.92 Å². The van der Waals surface area contributed by atoms with E-state index in [1.54, 1.807) is 20.1 Å². The lowest BCUT2D eigenvalue weighted by molar-refractivity contribution is -0.141. The molecule has 1 N–H and O–H groups in total. The zero-order chi connectivity index (χ0) is 27.1. The third-order valence-corrected chi connectivity index (χ3v) is 8.26. The number of pyridine rings is 1. The van der Waals surface area contributed by atoms with Crippen LogP contribution in [0.15, 0.2) is 48.7 Å². The maximum absolute atomic E-state index is 15.1. The number of methoxy groups -OCH3 is 1. The van der Waals surface area contributed by atoms with Crippen molar-refractivity contribution < 1.29 is 23.8 Å². The fourth-order valence-electron chi connectivity index (χ4n) is 5.73. The maximum Gasteiger partial charge on any atom is 0.306 e. The largest absolute Gasteiger partial charge is 0.485 e. The van der Waals surface area contributed by atoms with Gasteiger partial charge in [0.25, 0.3) is 0 Å². The van der Waals surface area contributed by atoms with E-state index in [1.165, 1.54) is 31.9 Å². The average Bonchev–Trinajstić information content (AvgIpc) is 3.86. The van der Waals surface area contributed by atoms with Crippen LogP contribution in [0.2, 0.25) is 0 Å². The Balaban J connectivity index is 1.32. The van der Waals surface area contributed by atoms with Crippen molar-refractivity contribution in [3.63, 3.8) is 0 Å². The minimum absolute atomic E-state index is 0.121. The number of benzene rings is 2. The number of aromatic nitrogens is 1. The van der Waals surface area contributed by atoms with Gasteiger partial charge in [-0.3, -0.25) is 9.69 Å². The summed E-state index contributed by atoms with van der Waals surface area (Å²) in [6, 6.07) is 15.3. The zero-order valence-corrected chi connectivity index (χ0v) is 22.5. The Morgan fingerprint density at radius 1 is 1.10 bits per heavy atom. The highest BCUT2D eigenvalue weighted by atomic mass is 19.1. The molecule has 39 heavy (non-hydrogen) atoms. The van der Waals surface area contributed by atoms with Gasteiger partial charge in [-0.25, -0.2) is 9.37 Å². The molecule has 0 radical (unpaired) electrons. The number of hydrogen-bond acceptors (Lipinski definition) is 5. The standard InChI is InChI=1S/C32H35FN2O4/c1-19(32(36)37)13-20-3-4-21-6-12-29(39-30(21)14-20)22-5-11-26(27-16-31(38-2)34-17-28(27)33)23(15-22)18-35(24-7-8-24)25-9-10-25/h3-5,11,14-17,19,24-25,29H,6-10,12-13,18H2,1-2H3,(H,36,37). The molecule has 0 bridgehead atoms. The third kappa shape index (κ3) is 5.64. The molecular weight excluding hydrogens is 495 g/mol. The quantitative estimate of drug-likeness (QED) is 0.329. The number of hydrogen-bond donors (Lipinski definition) is 1. The molecule has 2 heterocycles. The van der Waals surface area contributed by atoms with Crippen LogP contribution < -0.4 is 9.47 Å². The highest BCUT2D eigenvalue weighted by Gasteiger charge is 2.39. The summed E-state index contributed by atoms with van der Waals surface area (Å²) in [6.45, 7) is 2.51. The van der Waals surface area contributed by atoms with E-state index in [0.717, 1.165) is 53.0 Å². The average molecular weight is 531 g/mol. The Hall–Kier alpha value is -3.45. The minimum Gasteiger partial charge on any atom is -0.485 e. The van der Waals surface area contributed by atoms with Gasteiger partial charge in [0.2, 0.25) is 5.88 Å². The zero-order valence-electron chi connectivity index (χ0n) is 22.5. The number of rotatable bonds is 10. The highest BCUT2D eigenvalue weighted by molar-refractivity contribution is 5.70. The number of nitrogens with zero attached hydrogens (tertiary/aromatic N) is 2. The van der Waals surface area contributed by atoms with Crippen LogP contribution in [0, 0.1) is 11.7 Å². The molecule has 2 aromatic carbocycles. The van der Waals surface area contributed by atoms with E-state index in [0.29, 0.717) is 29.9 Å². The van der Waals surface area contributed by atoms with Gasteiger partial charge in [0.1, 0.15) is 17.7 Å². The molecule has 6 nitrogen and oxygen atoms in total. The van der Waals surface area contributed by atoms with Gasteiger partial charge in [-0.1, -0.05) is 37.3 Å². The summed E-state index contributed by atoms with van der Waals surface area (Å²) in [5, 5.41) is 9.32. The molecule has 7 heteroatoms. The maximum atomic E-state index is 15.1. The molecule has 0 spiro atoms. The molecule has 3 aliphatic rings. The van der Waals surface area contributed by atoms with Crippen LogP contribution in [0.1, 0.15) is 67.4 Å². The minimum atomic E-state index is -0.797. The van der Waals surface area contributed by atoms with E-state index in [9.17, 15) is 9.90 Å². The second-order valence-corrected chi connectivity index (χ2v) is 11.3. The van der Waals surface area contributed by atoms with Crippen molar-refractivity contribution in [2.45, 2.75) is 76.6 Å². The summed E-state index contributed by atoms with van der Waals surface area (Å²) >= 11 is 0. The SMILES string of the molecule is COc1cc(-c2ccc(C3CCc4ccc(CC(C)C(=O)O)cc4O3)cc2CN(C2CC2)C2CC2)c(F)cn1. The first kappa shape index (κ1) is 25.8. The van der Waals surface area contributed by atoms with Crippen LogP contribution in [0.3, 0.4) is 0 Å². The van der Waals surface area contributed by atoms with E-state index >= 15 is 4.39 Å². The monoisotopic (exact) mass is 530 g/mol. The van der Waals surface area contributed by atoms with Crippen molar-refractivity contribution in [3.05, 3.63) is 76.7 Å². The summed E-state index contributed by atoms with van der Waals surface area (Å²) in [4.78, 5) is 18.0. The van der Waals surface area contributed by atoms with Crippen molar-refractivity contribution >= 4 is 5.97 Å². The van der Waals surface area contributed by atoms with Gasteiger partial charge >= 0.3 is 5.97 Å². The lowest BCUT2D eigenvalue weighted by atomic mass is 9.91. The molecule has 1 aliphatic heterocycles. The van der Waals surface area contributed by atoms with Crippen LogP contribution in [0.5, 0.6) is 11.6 Å². The van der Waals surface area contributed by atoms with Gasteiger partial charge in [0.15, 0.2) is 0 Å². The topological polar surface area (TPSA) is 71.9 Å². The second-order valence-electron chi connectivity index (χ2n) is 11.3. The normalized spacial score (nSPS) is 19.3. The number of aliphatic carboxylic acids is 1. The Kier molecular flexibility index (Phi) is 7.02. The van der Waals surface area contributed by atoms with Crippen LogP contribution in [-0.2, 0) is 24.2 Å². The Morgan fingerprint density at radius 2 is 1.87 bits per heavy atom. The molecule has 2 fully saturated rings. The lowest BCUT2D eigenvalue weighted by Crippen LogP contribution is -2.28. The van der Waals surface area contributed by atoms with Gasteiger partial charge in [-0.2, -0.15) is 0 Å². The first-order valence-corrected chi connectivity index (χ1v) is 14.0. The van der Waals surface area contributed by atoms with Crippen LogP contribution in [0.4, 0.5) is 4.39 Å². The molecule has 0 saturated heterocycles. The first-order valence-electron chi connectivity index (χ1n) is 14.0. The van der Waals surface area contributed by atoms with Crippen LogP contribution >= 0.6 is 0 Å². The fourth-order valence-corrected chi connectivity index (χ4v) is 5.73. The van der Waals surface area contributed by atoms with Crippen LogP contribution in [0.25, 0.3) is 11.1 Å². The number of halogens is 1. The van der Waals surface area contributed by atoms with E-state index in [2.05, 4.69) is 28.1 Å². The smallest absolute Gasteiger partial charge is 0.306 e. The highest BCUT2D eigenvalue weighted by Crippen LogP contribution is 2.42. The fraction of sp³-hybridized carbons (Fsp3) is 0.438. The predicted octanol–water partition coefficient (Wildman–Crippen LogP) is 6.35. The number of carbonyl (C=O) groups is 1. The molecule has 0 amide bonds. The van der Waals surface area contributed by atoms with E-state index in [1.807, 2.05) is 18.2 Å². The van der Waals surface area contributed by atoms with E-state index in [4.69, 9.17) is 9.47 Å². The molecule has 204 valence electrons. The molecule has 3 aromatic rings. The summed E-state index contributed by atoms with van der Waals surface area (Å²) in [5.74, 6) is -0.392. The second kappa shape index (κ2) is 10.6. The van der Waals surface area contributed by atoms with E-state index in [-0.39, 0.29) is 11.9 Å². The predicted molar refractivity (Wildman–Crippen MR) is 146 cm³/mol. The summed E-state index contributed by atoms with van der Waals surface area (Å²) in [7, 11) is 1.54. The van der Waals surface area contributed by atoms with Crippen molar-refractivity contribution in [2.75, 3.05) is 7.11 Å². The van der Waals surface area contributed by atoms with Gasteiger partial charge in [0, 0.05) is 30.3 Å². The molecule has 6 rings (SSSR count). The molecular formula is C32H35FN2O4. The van der Waals surface area contributed by atoms with Crippen molar-refractivity contribution in [3.8, 4) is 22.8 Å². The Morgan fingerprint density at radius 3 is 2.56 bits per heavy atom. The summed E-state index contributed by atoms with van der Waals surface area (Å²) in [5.41, 5.74) is 5.65. The number of fused-ring (bicyclic) bond motifs is 1. The number of aryl methyl sites for hydroxylation is 1. The molecule has 2 aliphatic carbocycles. The molecule has 2 saturated carbocycles. The van der Waals surface area contributed by atoms with Crippen LogP contribution in [-0.4, -0.2) is 40.2 Å².